The maximum absolute atomic E-state index is 11.6. The second-order valence-electron chi connectivity index (χ2n) is 5.85. The average Bonchev–Trinajstić information content (AvgIpc) is 2.33. The van der Waals surface area contributed by atoms with E-state index in [-0.39, 0.29) is 32.0 Å². The molecule has 114 valence electrons. The minimum atomic E-state index is -1.27. The number of rotatable bonds is 6. The van der Waals surface area contributed by atoms with Crippen LogP contribution in [0, 0.1) is 5.41 Å². The van der Waals surface area contributed by atoms with Gasteiger partial charge in [0.05, 0.1) is 25.9 Å². The summed E-state index contributed by atoms with van der Waals surface area (Å²) in [5.41, 5.74) is -1.33. The third-order valence-corrected chi connectivity index (χ3v) is 3.71. The van der Waals surface area contributed by atoms with Crippen LogP contribution in [-0.4, -0.2) is 52.6 Å². The smallest absolute Gasteiger partial charge is 0.156 e. The molecule has 3 N–H and O–H groups in total. The SMILES string of the molecule is CC1=CC(=O)CC(C)(C)C1(O)C=CC(O)COCCO. The minimum Gasteiger partial charge on any atom is -0.394 e. The lowest BCUT2D eigenvalue weighted by atomic mass is 9.64. The lowest BCUT2D eigenvalue weighted by Crippen LogP contribution is -2.48. The summed E-state index contributed by atoms with van der Waals surface area (Å²) in [6.45, 7) is 5.46. The van der Waals surface area contributed by atoms with Gasteiger partial charge in [-0.2, -0.15) is 0 Å². The van der Waals surface area contributed by atoms with Gasteiger partial charge < -0.3 is 20.1 Å². The molecule has 0 saturated heterocycles. The van der Waals surface area contributed by atoms with Gasteiger partial charge in [-0.25, -0.2) is 0 Å². The second-order valence-corrected chi connectivity index (χ2v) is 5.85. The van der Waals surface area contributed by atoms with Crippen molar-refractivity contribution in [3.63, 3.8) is 0 Å². The van der Waals surface area contributed by atoms with Gasteiger partial charge in [0.2, 0.25) is 0 Å². The number of hydrogen-bond acceptors (Lipinski definition) is 5. The highest BCUT2D eigenvalue weighted by atomic mass is 16.5. The van der Waals surface area contributed by atoms with E-state index in [9.17, 15) is 15.0 Å². The Morgan fingerprint density at radius 2 is 2.15 bits per heavy atom. The number of hydrogen-bond donors (Lipinski definition) is 3. The highest BCUT2D eigenvalue weighted by Gasteiger charge is 2.46. The van der Waals surface area contributed by atoms with Gasteiger partial charge in [-0.15, -0.1) is 0 Å². The van der Waals surface area contributed by atoms with Gasteiger partial charge in [0.1, 0.15) is 5.60 Å². The maximum Gasteiger partial charge on any atom is 0.156 e. The fourth-order valence-corrected chi connectivity index (χ4v) is 2.44. The summed E-state index contributed by atoms with van der Waals surface area (Å²) < 4.78 is 5.01. The summed E-state index contributed by atoms with van der Waals surface area (Å²) >= 11 is 0. The Bertz CT molecular complexity index is 410. The van der Waals surface area contributed by atoms with Gasteiger partial charge in [0.15, 0.2) is 5.78 Å². The third-order valence-electron chi connectivity index (χ3n) is 3.71. The van der Waals surface area contributed by atoms with Crippen LogP contribution in [0.5, 0.6) is 0 Å². The topological polar surface area (TPSA) is 87.0 Å². The van der Waals surface area contributed by atoms with Crippen LogP contribution in [0.1, 0.15) is 27.2 Å². The quantitative estimate of drug-likeness (QED) is 0.491. The molecule has 1 aliphatic carbocycles. The van der Waals surface area contributed by atoms with Crippen molar-refractivity contribution in [1.29, 1.82) is 0 Å². The molecule has 0 bridgehead atoms. The molecule has 0 aromatic heterocycles. The minimum absolute atomic E-state index is 0.00241. The van der Waals surface area contributed by atoms with Crippen LogP contribution in [-0.2, 0) is 9.53 Å². The van der Waals surface area contributed by atoms with E-state index >= 15 is 0 Å². The van der Waals surface area contributed by atoms with E-state index in [0.717, 1.165) is 0 Å². The normalized spacial score (nSPS) is 27.7. The first-order valence-corrected chi connectivity index (χ1v) is 6.73. The number of aliphatic hydroxyl groups is 3. The van der Waals surface area contributed by atoms with E-state index in [2.05, 4.69) is 0 Å². The summed E-state index contributed by atoms with van der Waals surface area (Å²) in [4.78, 5) is 11.6. The van der Waals surface area contributed by atoms with Crippen LogP contribution in [0.25, 0.3) is 0 Å². The molecule has 0 aromatic rings. The highest BCUT2D eigenvalue weighted by Crippen LogP contribution is 2.44. The van der Waals surface area contributed by atoms with Gasteiger partial charge in [0, 0.05) is 11.8 Å². The van der Waals surface area contributed by atoms with Crippen LogP contribution in [0.2, 0.25) is 0 Å². The number of allylic oxidation sites excluding steroid dienone is 1. The summed E-state index contributed by atoms with van der Waals surface area (Å²) in [6.07, 6.45) is 3.82. The number of ether oxygens (including phenoxy) is 1. The molecule has 0 aliphatic heterocycles. The van der Waals surface area contributed by atoms with E-state index < -0.39 is 17.1 Å². The number of carbonyl (C=O) groups is 1. The molecular weight excluding hydrogens is 260 g/mol. The van der Waals surface area contributed by atoms with Crippen molar-refractivity contribution in [3.05, 3.63) is 23.8 Å². The lowest BCUT2D eigenvalue weighted by molar-refractivity contribution is -0.121. The first-order chi connectivity index (χ1) is 9.23. The Morgan fingerprint density at radius 3 is 2.70 bits per heavy atom. The second kappa shape index (κ2) is 6.63. The highest BCUT2D eigenvalue weighted by molar-refractivity contribution is 5.92. The van der Waals surface area contributed by atoms with Crippen molar-refractivity contribution in [2.75, 3.05) is 19.8 Å². The molecule has 1 aliphatic rings. The van der Waals surface area contributed by atoms with Crippen molar-refractivity contribution >= 4 is 5.78 Å². The molecule has 5 heteroatoms. The van der Waals surface area contributed by atoms with Gasteiger partial charge in [-0.1, -0.05) is 19.9 Å². The lowest BCUT2D eigenvalue weighted by Gasteiger charge is -2.44. The van der Waals surface area contributed by atoms with Crippen LogP contribution >= 0.6 is 0 Å². The Hall–Kier alpha value is -1.01. The molecular formula is C15H24O5. The predicted octanol–water partition coefficient (Wildman–Crippen LogP) is 0.589. The molecule has 0 saturated carbocycles. The van der Waals surface area contributed by atoms with Crippen molar-refractivity contribution in [1.82, 2.24) is 0 Å². The zero-order valence-corrected chi connectivity index (χ0v) is 12.3. The van der Waals surface area contributed by atoms with Crippen molar-refractivity contribution in [2.24, 2.45) is 5.41 Å². The van der Waals surface area contributed by atoms with Crippen LogP contribution < -0.4 is 0 Å². The molecule has 1 rings (SSSR count). The first-order valence-electron chi connectivity index (χ1n) is 6.73. The average molecular weight is 284 g/mol. The number of ketones is 1. The van der Waals surface area contributed by atoms with Crippen LogP contribution in [0.15, 0.2) is 23.8 Å². The molecule has 0 spiro atoms. The Kier molecular flexibility index (Phi) is 5.65. The van der Waals surface area contributed by atoms with Crippen molar-refractivity contribution in [2.45, 2.75) is 38.9 Å². The van der Waals surface area contributed by atoms with Crippen LogP contribution in [0.4, 0.5) is 0 Å². The Labute approximate surface area is 119 Å². The molecule has 0 amide bonds. The zero-order valence-electron chi connectivity index (χ0n) is 12.3. The van der Waals surface area contributed by atoms with E-state index in [0.29, 0.717) is 5.57 Å². The summed E-state index contributed by atoms with van der Waals surface area (Å²) in [5, 5.41) is 29.1. The van der Waals surface area contributed by atoms with Crippen molar-refractivity contribution < 1.29 is 24.9 Å². The molecule has 0 aromatic carbocycles. The van der Waals surface area contributed by atoms with Gasteiger partial charge >= 0.3 is 0 Å². The molecule has 0 radical (unpaired) electrons. The van der Waals surface area contributed by atoms with E-state index in [1.807, 2.05) is 13.8 Å². The summed E-state index contributed by atoms with van der Waals surface area (Å²) in [6, 6.07) is 0. The molecule has 20 heavy (non-hydrogen) atoms. The van der Waals surface area contributed by atoms with Gasteiger partial charge in [-0.3, -0.25) is 4.79 Å². The standard InChI is InChI=1S/C15H24O5/c1-11-8-13(18)9-14(2,3)15(11,19)5-4-12(17)10-20-7-6-16/h4-5,8,12,16-17,19H,6-7,9-10H2,1-3H3. The fraction of sp³-hybridized carbons (Fsp3) is 0.667. The number of carbonyl (C=O) groups excluding carboxylic acids is 1. The van der Waals surface area contributed by atoms with E-state index in [4.69, 9.17) is 9.84 Å². The van der Waals surface area contributed by atoms with E-state index in [1.165, 1.54) is 18.2 Å². The van der Waals surface area contributed by atoms with E-state index in [1.54, 1.807) is 6.92 Å². The fourth-order valence-electron chi connectivity index (χ4n) is 2.44. The zero-order chi connectivity index (χ0) is 15.4. The largest absolute Gasteiger partial charge is 0.394 e. The monoisotopic (exact) mass is 284 g/mol. The Balaban J connectivity index is 2.81. The first kappa shape index (κ1) is 17.0. The molecule has 0 fully saturated rings. The summed E-state index contributed by atoms with van der Waals surface area (Å²) in [7, 11) is 0. The molecule has 5 nitrogen and oxygen atoms in total. The van der Waals surface area contributed by atoms with Crippen molar-refractivity contribution in [3.8, 4) is 0 Å². The molecule has 2 atom stereocenters. The van der Waals surface area contributed by atoms with Gasteiger partial charge in [-0.05, 0) is 24.6 Å². The van der Waals surface area contributed by atoms with Gasteiger partial charge in [0.25, 0.3) is 0 Å². The number of aliphatic hydroxyl groups excluding tert-OH is 2. The third kappa shape index (κ3) is 3.76. The maximum atomic E-state index is 11.6. The van der Waals surface area contributed by atoms with Crippen LogP contribution in [0.3, 0.4) is 0 Å². The molecule has 2 unspecified atom stereocenters. The Morgan fingerprint density at radius 1 is 1.50 bits per heavy atom. The summed E-state index contributed by atoms with van der Waals surface area (Å²) in [5.74, 6) is -0.00241. The molecule has 0 heterocycles. The predicted molar refractivity (Wildman–Crippen MR) is 75.2 cm³/mol.